The molecule has 0 spiro atoms. The molecule has 0 atom stereocenters. The van der Waals surface area contributed by atoms with Crippen LogP contribution >= 0.6 is 0 Å². The maximum absolute atomic E-state index is 11.9. The molecule has 0 saturated carbocycles. The Hall–Kier alpha value is -3.02. The minimum Gasteiger partial charge on any atom is -0.494 e. The average Bonchev–Trinajstić information content (AvgIpc) is 2.60. The maximum Gasteiger partial charge on any atom is 0.259 e. The van der Waals surface area contributed by atoms with Gasteiger partial charge in [-0.2, -0.15) is 5.10 Å². The molecule has 0 radical (unpaired) electrons. The Labute approximate surface area is 141 Å². The van der Waals surface area contributed by atoms with Crippen molar-refractivity contribution in [1.29, 1.82) is 0 Å². The van der Waals surface area contributed by atoms with E-state index in [1.807, 2.05) is 50.2 Å². The summed E-state index contributed by atoms with van der Waals surface area (Å²) in [4.78, 5) is 11.9. The number of nitrogens with zero attached hydrogens (tertiary/aromatic N) is 1. The lowest BCUT2D eigenvalue weighted by Gasteiger charge is -2.08. The number of benzene rings is 2. The lowest BCUT2D eigenvalue weighted by molar-refractivity contribution is -0.119. The molecule has 6 nitrogen and oxygen atoms in total. The van der Waals surface area contributed by atoms with Crippen LogP contribution in [0.1, 0.15) is 19.4 Å². The van der Waals surface area contributed by atoms with Gasteiger partial charge in [-0.25, -0.2) is 5.43 Å². The Balaban J connectivity index is 1.82. The van der Waals surface area contributed by atoms with Crippen LogP contribution in [0.5, 0.6) is 5.75 Å². The Bertz CT molecular complexity index is 694. The predicted octanol–water partition coefficient (Wildman–Crippen LogP) is 2.62. The topological polar surface area (TPSA) is 88.7 Å². The van der Waals surface area contributed by atoms with E-state index in [0.717, 1.165) is 17.0 Å². The van der Waals surface area contributed by atoms with E-state index >= 15 is 0 Å². The molecule has 0 fully saturated rings. The number of rotatable bonds is 7. The second kappa shape index (κ2) is 8.57. The van der Waals surface area contributed by atoms with Crippen molar-refractivity contribution in [2.45, 2.75) is 13.8 Å². The molecule has 0 aliphatic heterocycles. The van der Waals surface area contributed by atoms with E-state index in [9.17, 15) is 4.79 Å². The fourth-order valence-electron chi connectivity index (χ4n) is 1.99. The molecule has 2 rings (SSSR count). The molecule has 24 heavy (non-hydrogen) atoms. The van der Waals surface area contributed by atoms with E-state index in [2.05, 4.69) is 15.8 Å². The number of carbonyl (C=O) groups is 1. The SMILES string of the molecule is CCOc1ccc(NCC(=O)N/N=C(/C)c2ccc(N)cc2)cc1. The van der Waals surface area contributed by atoms with E-state index in [-0.39, 0.29) is 12.5 Å². The number of amides is 1. The number of hydrazone groups is 1. The first kappa shape index (κ1) is 17.3. The Morgan fingerprint density at radius 2 is 1.79 bits per heavy atom. The maximum atomic E-state index is 11.9. The van der Waals surface area contributed by atoms with Crippen LogP contribution in [0, 0.1) is 0 Å². The van der Waals surface area contributed by atoms with E-state index in [1.54, 1.807) is 12.1 Å². The fraction of sp³-hybridized carbons (Fsp3) is 0.222. The second-order valence-electron chi connectivity index (χ2n) is 5.17. The van der Waals surface area contributed by atoms with Gasteiger partial charge in [0.15, 0.2) is 0 Å². The largest absolute Gasteiger partial charge is 0.494 e. The van der Waals surface area contributed by atoms with Crippen LogP contribution in [-0.2, 0) is 4.79 Å². The zero-order chi connectivity index (χ0) is 17.4. The summed E-state index contributed by atoms with van der Waals surface area (Å²) in [6.07, 6.45) is 0. The average molecular weight is 326 g/mol. The molecule has 0 aliphatic carbocycles. The van der Waals surface area contributed by atoms with Crippen molar-refractivity contribution in [1.82, 2.24) is 5.43 Å². The third-order valence-electron chi connectivity index (χ3n) is 3.30. The smallest absolute Gasteiger partial charge is 0.259 e. The molecule has 1 amide bonds. The summed E-state index contributed by atoms with van der Waals surface area (Å²) in [7, 11) is 0. The normalized spacial score (nSPS) is 11.0. The number of hydrogen-bond acceptors (Lipinski definition) is 5. The van der Waals surface area contributed by atoms with Crippen LogP contribution in [0.3, 0.4) is 0 Å². The van der Waals surface area contributed by atoms with Crippen molar-refractivity contribution in [2.24, 2.45) is 5.10 Å². The molecule has 0 saturated heterocycles. The zero-order valence-electron chi connectivity index (χ0n) is 13.9. The van der Waals surface area contributed by atoms with Gasteiger partial charge in [0.1, 0.15) is 5.75 Å². The van der Waals surface area contributed by atoms with E-state index < -0.39 is 0 Å². The van der Waals surface area contributed by atoms with Gasteiger partial charge in [0.05, 0.1) is 18.9 Å². The monoisotopic (exact) mass is 326 g/mol. The van der Waals surface area contributed by atoms with Crippen molar-refractivity contribution in [3.63, 3.8) is 0 Å². The first-order valence-electron chi connectivity index (χ1n) is 7.74. The number of nitrogen functional groups attached to an aromatic ring is 1. The minimum atomic E-state index is -0.223. The third kappa shape index (κ3) is 5.31. The highest BCUT2D eigenvalue weighted by Crippen LogP contribution is 2.15. The third-order valence-corrected chi connectivity index (χ3v) is 3.30. The molecule has 0 bridgehead atoms. The van der Waals surface area contributed by atoms with Crippen LogP contribution in [0.2, 0.25) is 0 Å². The van der Waals surface area contributed by atoms with Crippen molar-refractivity contribution >= 4 is 23.0 Å². The van der Waals surface area contributed by atoms with Crippen molar-refractivity contribution in [2.75, 3.05) is 24.2 Å². The summed E-state index contributed by atoms with van der Waals surface area (Å²) in [6, 6.07) is 14.7. The molecule has 2 aromatic rings. The molecule has 0 unspecified atom stereocenters. The quantitative estimate of drug-likeness (QED) is 0.414. The van der Waals surface area contributed by atoms with Gasteiger partial charge < -0.3 is 15.8 Å². The highest BCUT2D eigenvalue weighted by molar-refractivity contribution is 5.99. The van der Waals surface area contributed by atoms with E-state index in [1.165, 1.54) is 0 Å². The van der Waals surface area contributed by atoms with E-state index in [4.69, 9.17) is 10.5 Å². The molecule has 2 aromatic carbocycles. The summed E-state index contributed by atoms with van der Waals surface area (Å²) in [5, 5.41) is 7.12. The van der Waals surface area contributed by atoms with Crippen LogP contribution in [0.4, 0.5) is 11.4 Å². The van der Waals surface area contributed by atoms with Gasteiger partial charge in [-0.05, 0) is 55.8 Å². The summed E-state index contributed by atoms with van der Waals surface area (Å²) in [5.74, 6) is 0.579. The molecule has 126 valence electrons. The van der Waals surface area contributed by atoms with Gasteiger partial charge in [0.25, 0.3) is 5.91 Å². The number of nitrogens with two attached hydrogens (primary N) is 1. The zero-order valence-corrected chi connectivity index (χ0v) is 13.9. The van der Waals surface area contributed by atoms with Crippen molar-refractivity contribution in [3.8, 4) is 5.75 Å². The van der Waals surface area contributed by atoms with Crippen LogP contribution in [-0.4, -0.2) is 24.8 Å². The Kier molecular flexibility index (Phi) is 6.19. The molecular formula is C18H22N4O2. The van der Waals surface area contributed by atoms with E-state index in [0.29, 0.717) is 18.0 Å². The second-order valence-corrected chi connectivity index (χ2v) is 5.17. The summed E-state index contributed by atoms with van der Waals surface area (Å²) < 4.78 is 5.37. The Morgan fingerprint density at radius 1 is 1.12 bits per heavy atom. The minimum absolute atomic E-state index is 0.131. The van der Waals surface area contributed by atoms with Gasteiger partial charge >= 0.3 is 0 Å². The van der Waals surface area contributed by atoms with Gasteiger partial charge in [-0.15, -0.1) is 0 Å². The van der Waals surface area contributed by atoms with Crippen molar-refractivity contribution in [3.05, 3.63) is 54.1 Å². The van der Waals surface area contributed by atoms with Gasteiger partial charge in [-0.1, -0.05) is 12.1 Å². The number of hydrogen-bond donors (Lipinski definition) is 3. The first-order chi connectivity index (χ1) is 11.6. The lowest BCUT2D eigenvalue weighted by Crippen LogP contribution is -2.26. The molecule has 0 aromatic heterocycles. The molecule has 4 N–H and O–H groups in total. The fourth-order valence-corrected chi connectivity index (χ4v) is 1.99. The molecule has 0 aliphatic rings. The lowest BCUT2D eigenvalue weighted by atomic mass is 10.1. The van der Waals surface area contributed by atoms with Gasteiger partial charge in [0, 0.05) is 11.4 Å². The molecular weight excluding hydrogens is 304 g/mol. The van der Waals surface area contributed by atoms with Crippen molar-refractivity contribution < 1.29 is 9.53 Å². The predicted molar refractivity (Wildman–Crippen MR) is 97.3 cm³/mol. The summed E-state index contributed by atoms with van der Waals surface area (Å²) >= 11 is 0. The van der Waals surface area contributed by atoms with Crippen LogP contribution in [0.15, 0.2) is 53.6 Å². The van der Waals surface area contributed by atoms with Crippen LogP contribution in [0.25, 0.3) is 0 Å². The summed E-state index contributed by atoms with van der Waals surface area (Å²) in [6.45, 7) is 4.52. The van der Waals surface area contributed by atoms with Gasteiger partial charge in [0.2, 0.25) is 0 Å². The van der Waals surface area contributed by atoms with Gasteiger partial charge in [-0.3, -0.25) is 4.79 Å². The summed E-state index contributed by atoms with van der Waals surface area (Å²) in [5.41, 5.74) is 11.3. The standard InChI is InChI=1S/C18H22N4O2/c1-3-24-17-10-8-16(9-11-17)20-12-18(23)22-21-13(2)14-4-6-15(19)7-5-14/h4-11,20H,3,12,19H2,1-2H3,(H,22,23)/b21-13-. The molecule has 6 heteroatoms. The first-order valence-corrected chi connectivity index (χ1v) is 7.74. The van der Waals surface area contributed by atoms with Crippen LogP contribution < -0.4 is 21.2 Å². The number of nitrogens with one attached hydrogen (secondary N) is 2. The number of carbonyl (C=O) groups excluding carboxylic acids is 1. The Morgan fingerprint density at radius 3 is 2.42 bits per heavy atom. The number of ether oxygens (including phenoxy) is 1. The molecule has 0 heterocycles. The highest BCUT2D eigenvalue weighted by atomic mass is 16.5. The number of anilines is 2. The highest BCUT2D eigenvalue weighted by Gasteiger charge is 2.02.